The van der Waals surface area contributed by atoms with Crippen molar-refractivity contribution in [1.29, 1.82) is 0 Å². The molecule has 2 unspecified atom stereocenters. The van der Waals surface area contributed by atoms with Gasteiger partial charge in [-0.3, -0.25) is 4.79 Å². The molecule has 0 aromatic rings. The monoisotopic (exact) mass is 159 g/mol. The van der Waals surface area contributed by atoms with Crippen LogP contribution in [0.1, 0.15) is 12.8 Å². The first-order chi connectivity index (χ1) is 5.20. The van der Waals surface area contributed by atoms with Crippen molar-refractivity contribution < 1.29 is 14.6 Å². The highest BCUT2D eigenvalue weighted by Gasteiger charge is 2.24. The largest absolute Gasteiger partial charge is 0.481 e. The van der Waals surface area contributed by atoms with Crippen LogP contribution in [0.2, 0.25) is 0 Å². The van der Waals surface area contributed by atoms with Crippen LogP contribution in [-0.2, 0) is 9.53 Å². The second kappa shape index (κ2) is 3.69. The highest BCUT2D eigenvalue weighted by molar-refractivity contribution is 5.66. The van der Waals surface area contributed by atoms with Gasteiger partial charge in [-0.25, -0.2) is 0 Å². The van der Waals surface area contributed by atoms with Crippen LogP contribution in [-0.4, -0.2) is 30.3 Å². The van der Waals surface area contributed by atoms with Crippen molar-refractivity contribution in [1.82, 2.24) is 0 Å². The zero-order chi connectivity index (χ0) is 8.27. The summed E-state index contributed by atoms with van der Waals surface area (Å²) in [4.78, 5) is 10.2. The predicted molar refractivity (Wildman–Crippen MR) is 39.2 cm³/mol. The van der Waals surface area contributed by atoms with Crippen LogP contribution in [0.3, 0.4) is 0 Å². The van der Waals surface area contributed by atoms with E-state index in [9.17, 15) is 4.79 Å². The first-order valence-corrected chi connectivity index (χ1v) is 3.75. The average molecular weight is 159 g/mol. The van der Waals surface area contributed by atoms with E-state index in [2.05, 4.69) is 0 Å². The number of carboxylic acids is 1. The van der Waals surface area contributed by atoms with Crippen molar-refractivity contribution in [2.45, 2.75) is 18.9 Å². The maximum atomic E-state index is 10.2. The number of aliphatic carboxylic acids is 1. The number of hydrogen-bond acceptors (Lipinski definition) is 3. The first kappa shape index (κ1) is 8.49. The Morgan fingerprint density at radius 2 is 2.36 bits per heavy atom. The summed E-state index contributed by atoms with van der Waals surface area (Å²) in [5.41, 5.74) is 5.65. The van der Waals surface area contributed by atoms with Crippen molar-refractivity contribution in [2.75, 3.05) is 13.2 Å². The van der Waals surface area contributed by atoms with E-state index in [4.69, 9.17) is 15.6 Å². The molecule has 4 heteroatoms. The molecule has 1 heterocycles. The quantitative estimate of drug-likeness (QED) is 0.599. The van der Waals surface area contributed by atoms with E-state index in [1.54, 1.807) is 0 Å². The molecule has 0 amide bonds. The Morgan fingerprint density at radius 3 is 2.82 bits per heavy atom. The third kappa shape index (κ3) is 2.48. The number of rotatable bonds is 3. The summed E-state index contributed by atoms with van der Waals surface area (Å²) in [6, 6.07) is 0.0364. The Labute approximate surface area is 65.3 Å². The predicted octanol–water partition coefficient (Wildman–Crippen LogP) is -0.175. The molecule has 1 aliphatic rings. The Morgan fingerprint density at radius 1 is 1.64 bits per heavy atom. The maximum absolute atomic E-state index is 10.2. The fraction of sp³-hybridized carbons (Fsp3) is 0.857. The van der Waals surface area contributed by atoms with E-state index in [1.807, 2.05) is 0 Å². The van der Waals surface area contributed by atoms with Gasteiger partial charge < -0.3 is 15.6 Å². The summed E-state index contributed by atoms with van der Waals surface area (Å²) < 4.78 is 5.08. The van der Waals surface area contributed by atoms with Gasteiger partial charge in [-0.2, -0.15) is 0 Å². The van der Waals surface area contributed by atoms with E-state index in [0.29, 0.717) is 19.6 Å². The van der Waals surface area contributed by atoms with E-state index >= 15 is 0 Å². The number of carboxylic acid groups (broad SMARTS) is 1. The SMILES string of the molecule is NC1COCC1CCC(=O)O. The number of hydrogen-bond donors (Lipinski definition) is 2. The molecule has 1 saturated heterocycles. The second-order valence-electron chi connectivity index (χ2n) is 2.89. The molecule has 0 aromatic heterocycles. The Hall–Kier alpha value is -0.610. The maximum Gasteiger partial charge on any atom is 0.303 e. The number of nitrogens with two attached hydrogens (primary N) is 1. The Balaban J connectivity index is 2.20. The standard InChI is InChI=1S/C7H13NO3/c8-6-4-11-3-5(6)1-2-7(9)10/h5-6H,1-4,8H2,(H,9,10). The summed E-state index contributed by atoms with van der Waals surface area (Å²) in [6.07, 6.45) is 0.832. The van der Waals surface area contributed by atoms with Crippen LogP contribution in [0.15, 0.2) is 0 Å². The van der Waals surface area contributed by atoms with Crippen LogP contribution in [0.5, 0.6) is 0 Å². The van der Waals surface area contributed by atoms with Crippen molar-refractivity contribution in [3.63, 3.8) is 0 Å². The lowest BCUT2D eigenvalue weighted by Crippen LogP contribution is -2.28. The molecule has 1 rings (SSSR count). The van der Waals surface area contributed by atoms with Gasteiger partial charge in [-0.05, 0) is 6.42 Å². The fourth-order valence-corrected chi connectivity index (χ4v) is 1.22. The van der Waals surface area contributed by atoms with Crippen molar-refractivity contribution in [3.8, 4) is 0 Å². The first-order valence-electron chi connectivity index (χ1n) is 3.75. The molecule has 0 spiro atoms. The van der Waals surface area contributed by atoms with Gasteiger partial charge in [-0.1, -0.05) is 0 Å². The van der Waals surface area contributed by atoms with Crippen LogP contribution in [0.4, 0.5) is 0 Å². The van der Waals surface area contributed by atoms with Gasteiger partial charge in [0, 0.05) is 18.4 Å². The second-order valence-corrected chi connectivity index (χ2v) is 2.89. The molecule has 0 aromatic carbocycles. The van der Waals surface area contributed by atoms with Crippen molar-refractivity contribution in [3.05, 3.63) is 0 Å². The third-order valence-electron chi connectivity index (χ3n) is 1.98. The molecule has 0 radical (unpaired) electrons. The highest BCUT2D eigenvalue weighted by Crippen LogP contribution is 2.16. The molecule has 2 atom stereocenters. The summed E-state index contributed by atoms with van der Waals surface area (Å²) in [7, 11) is 0. The van der Waals surface area contributed by atoms with Crippen molar-refractivity contribution >= 4 is 5.97 Å². The van der Waals surface area contributed by atoms with Gasteiger partial charge in [0.2, 0.25) is 0 Å². The van der Waals surface area contributed by atoms with Crippen LogP contribution in [0, 0.1) is 5.92 Å². The topological polar surface area (TPSA) is 72.5 Å². The number of ether oxygens (including phenoxy) is 1. The van der Waals surface area contributed by atoms with Gasteiger partial charge in [0.15, 0.2) is 0 Å². The minimum atomic E-state index is -0.760. The van der Waals surface area contributed by atoms with E-state index in [1.165, 1.54) is 0 Å². The van der Waals surface area contributed by atoms with Gasteiger partial charge in [-0.15, -0.1) is 0 Å². The zero-order valence-electron chi connectivity index (χ0n) is 6.32. The molecule has 1 fully saturated rings. The normalized spacial score (nSPS) is 30.6. The van der Waals surface area contributed by atoms with Gasteiger partial charge in [0.05, 0.1) is 13.2 Å². The van der Waals surface area contributed by atoms with E-state index in [0.717, 1.165) is 0 Å². The average Bonchev–Trinajstić information content (AvgIpc) is 2.31. The smallest absolute Gasteiger partial charge is 0.303 e. The summed E-state index contributed by atoms with van der Waals surface area (Å²) in [6.45, 7) is 1.19. The molecule has 4 nitrogen and oxygen atoms in total. The lowest BCUT2D eigenvalue weighted by molar-refractivity contribution is -0.137. The molecule has 0 saturated carbocycles. The van der Waals surface area contributed by atoms with Gasteiger partial charge in [0.25, 0.3) is 0 Å². The minimum absolute atomic E-state index is 0.0364. The highest BCUT2D eigenvalue weighted by atomic mass is 16.5. The summed E-state index contributed by atoms with van der Waals surface area (Å²) in [5, 5.41) is 8.38. The Kier molecular flexibility index (Phi) is 2.84. The molecule has 0 bridgehead atoms. The summed E-state index contributed by atoms with van der Waals surface area (Å²) in [5.74, 6) is -0.518. The molecule has 11 heavy (non-hydrogen) atoms. The van der Waals surface area contributed by atoms with E-state index in [-0.39, 0.29) is 18.4 Å². The summed E-state index contributed by atoms with van der Waals surface area (Å²) >= 11 is 0. The van der Waals surface area contributed by atoms with Crippen LogP contribution < -0.4 is 5.73 Å². The zero-order valence-corrected chi connectivity index (χ0v) is 6.32. The van der Waals surface area contributed by atoms with Gasteiger partial charge >= 0.3 is 5.97 Å². The lowest BCUT2D eigenvalue weighted by atomic mass is 9.99. The van der Waals surface area contributed by atoms with Crippen LogP contribution in [0.25, 0.3) is 0 Å². The number of carbonyl (C=O) groups is 1. The minimum Gasteiger partial charge on any atom is -0.481 e. The third-order valence-corrected chi connectivity index (χ3v) is 1.98. The van der Waals surface area contributed by atoms with Gasteiger partial charge in [0.1, 0.15) is 0 Å². The molecular weight excluding hydrogens is 146 g/mol. The van der Waals surface area contributed by atoms with Crippen molar-refractivity contribution in [2.24, 2.45) is 11.7 Å². The van der Waals surface area contributed by atoms with Crippen LogP contribution >= 0.6 is 0 Å². The fourth-order valence-electron chi connectivity index (χ4n) is 1.22. The van der Waals surface area contributed by atoms with E-state index < -0.39 is 5.97 Å². The molecule has 1 aliphatic heterocycles. The Bertz CT molecular complexity index is 149. The molecule has 64 valence electrons. The molecule has 3 N–H and O–H groups in total. The molecular formula is C7H13NO3. The molecule has 0 aliphatic carbocycles. The lowest BCUT2D eigenvalue weighted by Gasteiger charge is -2.10.